The summed E-state index contributed by atoms with van der Waals surface area (Å²) < 4.78 is 29.1. The van der Waals surface area contributed by atoms with Crippen molar-refractivity contribution in [1.82, 2.24) is 31.5 Å². The Hall–Kier alpha value is -4.93. The highest BCUT2D eigenvalue weighted by molar-refractivity contribution is 5.78. The van der Waals surface area contributed by atoms with Crippen molar-refractivity contribution in [2.24, 2.45) is 10.7 Å². The Labute approximate surface area is 303 Å². The van der Waals surface area contributed by atoms with E-state index in [0.29, 0.717) is 36.6 Å². The van der Waals surface area contributed by atoms with Crippen molar-refractivity contribution in [1.29, 1.82) is 0 Å². The monoisotopic (exact) mass is 698 g/mol. The summed E-state index contributed by atoms with van der Waals surface area (Å²) in [5.41, 5.74) is 12.6. The molecule has 0 aliphatic carbocycles. The Morgan fingerprint density at radius 1 is 0.941 bits per heavy atom. The molecule has 0 spiro atoms. The maximum atomic E-state index is 14.6. The lowest BCUT2D eigenvalue weighted by Gasteiger charge is -2.33. The van der Waals surface area contributed by atoms with Gasteiger partial charge in [0.25, 0.3) is 0 Å². The number of allylic oxidation sites excluding steroid dienone is 1. The van der Waals surface area contributed by atoms with Crippen molar-refractivity contribution < 1.29 is 8.78 Å². The molecule has 274 valence electrons. The molecule has 1 aliphatic heterocycles. The van der Waals surface area contributed by atoms with Crippen molar-refractivity contribution in [3.05, 3.63) is 156 Å². The minimum Gasteiger partial charge on any atom is -0.388 e. The first-order valence-electron chi connectivity index (χ1n) is 17.5. The summed E-state index contributed by atoms with van der Waals surface area (Å²) in [6.07, 6.45) is 3.81. The van der Waals surface area contributed by atoms with Crippen LogP contribution >= 0.6 is 0 Å². The summed E-state index contributed by atoms with van der Waals surface area (Å²) in [7, 11) is 1.94. The quantitative estimate of drug-likeness (QED) is 0.0474. The molecular weight excluding hydrogens is 643 g/mol. The first-order valence-corrected chi connectivity index (χ1v) is 17.5. The fourth-order valence-corrected chi connectivity index (χ4v) is 5.80. The van der Waals surface area contributed by atoms with Crippen LogP contribution in [0.1, 0.15) is 60.0 Å². The van der Waals surface area contributed by atoms with E-state index in [4.69, 9.17) is 5.73 Å². The molecule has 0 aromatic heterocycles. The van der Waals surface area contributed by atoms with Crippen molar-refractivity contribution in [2.75, 3.05) is 26.7 Å². The van der Waals surface area contributed by atoms with Crippen LogP contribution in [0.3, 0.4) is 0 Å². The molecule has 1 aliphatic rings. The number of rotatable bonds is 19. The van der Waals surface area contributed by atoms with Gasteiger partial charge in [-0.1, -0.05) is 87.8 Å². The summed E-state index contributed by atoms with van der Waals surface area (Å²) in [5, 5.41) is 15.8. The summed E-state index contributed by atoms with van der Waals surface area (Å²) in [5.74, 6) is -0.878. The zero-order chi connectivity index (χ0) is 37.2. The minimum absolute atomic E-state index is 0.0239. The number of guanidine groups is 1. The topological polar surface area (TPSA) is 102 Å². The van der Waals surface area contributed by atoms with Gasteiger partial charge in [-0.25, -0.2) is 8.78 Å². The van der Waals surface area contributed by atoms with E-state index in [1.54, 1.807) is 6.92 Å². The molecule has 0 amide bonds. The molecule has 51 heavy (non-hydrogen) atoms. The first kappa shape index (κ1) is 40.5. The number of hydrogen-bond donors (Lipinski definition) is 6. The number of fused-ring (bicyclic) bond motifs is 1. The minimum atomic E-state index is -0.584. The second kappa shape index (κ2) is 21.3. The van der Waals surface area contributed by atoms with Gasteiger partial charge in [-0.15, -0.1) is 0 Å². The molecular formula is C41H56F2N8. The lowest BCUT2D eigenvalue weighted by Crippen LogP contribution is -2.40. The zero-order valence-corrected chi connectivity index (χ0v) is 30.5. The maximum Gasteiger partial charge on any atom is 0.192 e. The molecule has 0 radical (unpaired) electrons. The highest BCUT2D eigenvalue weighted by Gasteiger charge is 2.30. The van der Waals surface area contributed by atoms with Crippen LogP contribution in [0.4, 0.5) is 8.78 Å². The number of aliphatic imine (C=N–C) groups is 1. The second-order valence-corrected chi connectivity index (χ2v) is 12.5. The van der Waals surface area contributed by atoms with E-state index in [9.17, 15) is 8.78 Å². The molecule has 2 atom stereocenters. The molecule has 7 N–H and O–H groups in total. The van der Waals surface area contributed by atoms with Crippen molar-refractivity contribution in [3.63, 3.8) is 0 Å². The van der Waals surface area contributed by atoms with Crippen LogP contribution in [-0.4, -0.2) is 43.6 Å². The average Bonchev–Trinajstić information content (AvgIpc) is 3.53. The molecule has 3 aromatic rings. The molecule has 8 nitrogen and oxygen atoms in total. The third-order valence-electron chi connectivity index (χ3n) is 8.59. The van der Waals surface area contributed by atoms with Crippen LogP contribution in [0.5, 0.6) is 0 Å². The van der Waals surface area contributed by atoms with E-state index in [1.165, 1.54) is 29.5 Å². The molecule has 0 saturated carbocycles. The van der Waals surface area contributed by atoms with Gasteiger partial charge in [-0.05, 0) is 73.8 Å². The summed E-state index contributed by atoms with van der Waals surface area (Å²) in [6.45, 7) is 23.9. The van der Waals surface area contributed by atoms with E-state index in [1.807, 2.05) is 25.2 Å². The number of likely N-dealkylation sites (N-methyl/N-ethyl adjacent to an activating group) is 1. The molecule has 10 heteroatoms. The van der Waals surface area contributed by atoms with Crippen LogP contribution in [0.2, 0.25) is 0 Å². The molecule has 3 aromatic carbocycles. The van der Waals surface area contributed by atoms with Gasteiger partial charge in [0, 0.05) is 61.9 Å². The predicted molar refractivity (Wildman–Crippen MR) is 208 cm³/mol. The number of nitrogens with two attached hydrogens (primary N) is 1. The van der Waals surface area contributed by atoms with Gasteiger partial charge >= 0.3 is 0 Å². The Morgan fingerprint density at radius 2 is 1.57 bits per heavy atom. The predicted octanol–water partition coefficient (Wildman–Crippen LogP) is 6.65. The summed E-state index contributed by atoms with van der Waals surface area (Å²) in [6, 6.07) is 21.0. The van der Waals surface area contributed by atoms with Crippen LogP contribution in [0.25, 0.3) is 0 Å². The number of nitrogens with one attached hydrogen (secondary N) is 5. The van der Waals surface area contributed by atoms with Gasteiger partial charge in [0.05, 0.1) is 12.1 Å². The van der Waals surface area contributed by atoms with Gasteiger partial charge in [-0.3, -0.25) is 9.89 Å². The van der Waals surface area contributed by atoms with Crippen LogP contribution in [0.15, 0.2) is 121 Å². The Kier molecular flexibility index (Phi) is 16.9. The van der Waals surface area contributed by atoms with Crippen molar-refractivity contribution >= 4 is 5.96 Å². The molecule has 0 saturated heterocycles. The standard InChI is InChI=1S/C34H40F2N6.C7H16N2/c1-5-38-34(37)39-17-11-16-32(24(3)40-20-29-30(35)18-23(2)19-31(29)36)41-25(4)33(26-12-7-6-8-13-26)42-21-27-14-9-10-15-28(27)22-42;1-4-7(2)9-6-5-8-3/h5-10,12-15,18-19,32-33,40-41H,1,3-4,11,16-17,20-22H2,2H3,(H3,37,38,39);8-9H,2,4-6H2,1,3H3. The smallest absolute Gasteiger partial charge is 0.192 e. The molecule has 4 rings (SSSR count). The van der Waals surface area contributed by atoms with Gasteiger partial charge in [0.2, 0.25) is 0 Å². The van der Waals surface area contributed by atoms with E-state index >= 15 is 0 Å². The Morgan fingerprint density at radius 3 is 2.16 bits per heavy atom. The number of aryl methyl sites for hydroxylation is 1. The fourth-order valence-electron chi connectivity index (χ4n) is 5.80. The summed E-state index contributed by atoms with van der Waals surface area (Å²) >= 11 is 0. The largest absolute Gasteiger partial charge is 0.388 e. The number of benzene rings is 3. The van der Waals surface area contributed by atoms with Gasteiger partial charge in [0.15, 0.2) is 5.96 Å². The van der Waals surface area contributed by atoms with E-state index < -0.39 is 11.6 Å². The SMILES string of the molecule is C=C(CC)NCCNC.C=CNC(N)=NCCCC(NC(=C)C(c1ccccc1)N1Cc2ccccc2C1)C(=C)NCc1c(F)cc(C)cc1F. The lowest BCUT2D eigenvalue weighted by molar-refractivity contribution is 0.218. The van der Waals surface area contributed by atoms with Gasteiger partial charge in [0.1, 0.15) is 11.6 Å². The third-order valence-corrected chi connectivity index (χ3v) is 8.59. The zero-order valence-electron chi connectivity index (χ0n) is 30.5. The normalized spacial score (nSPS) is 13.5. The molecule has 1 heterocycles. The average molecular weight is 699 g/mol. The van der Waals surface area contributed by atoms with Gasteiger partial charge in [-0.2, -0.15) is 0 Å². The summed E-state index contributed by atoms with van der Waals surface area (Å²) in [4.78, 5) is 6.72. The lowest BCUT2D eigenvalue weighted by atomic mass is 10.0. The van der Waals surface area contributed by atoms with Gasteiger partial charge < -0.3 is 32.3 Å². The second-order valence-electron chi connectivity index (χ2n) is 12.5. The van der Waals surface area contributed by atoms with E-state index in [-0.39, 0.29) is 24.2 Å². The molecule has 0 fully saturated rings. The fraction of sp³-hybridized carbons (Fsp3) is 0.341. The van der Waals surface area contributed by atoms with E-state index in [0.717, 1.165) is 49.6 Å². The Bertz CT molecular complexity index is 1570. The highest BCUT2D eigenvalue weighted by atomic mass is 19.1. The number of nitrogens with zero attached hydrogens (tertiary/aromatic N) is 2. The maximum absolute atomic E-state index is 14.6. The number of halogens is 2. The third kappa shape index (κ3) is 13.0. The van der Waals surface area contributed by atoms with Crippen molar-refractivity contribution in [3.8, 4) is 0 Å². The first-order chi connectivity index (χ1) is 24.6. The van der Waals surface area contributed by atoms with Crippen LogP contribution in [0, 0.1) is 18.6 Å². The highest BCUT2D eigenvalue weighted by Crippen LogP contribution is 2.35. The van der Waals surface area contributed by atoms with Crippen molar-refractivity contribution in [2.45, 2.75) is 64.8 Å². The number of hydrogen-bond acceptors (Lipinski definition) is 6. The van der Waals surface area contributed by atoms with Crippen LogP contribution < -0.4 is 32.3 Å². The Balaban J connectivity index is 0.000000688. The van der Waals surface area contributed by atoms with E-state index in [2.05, 4.69) is 106 Å². The van der Waals surface area contributed by atoms with Crippen LogP contribution in [-0.2, 0) is 19.6 Å². The molecule has 0 bridgehead atoms. The molecule has 2 unspecified atom stereocenters.